The molecule has 0 bridgehead atoms. The Morgan fingerprint density at radius 3 is 2.42 bits per heavy atom. The molecule has 10 atom stereocenters. The van der Waals surface area contributed by atoms with Crippen LogP contribution in [0.3, 0.4) is 0 Å². The summed E-state index contributed by atoms with van der Waals surface area (Å²) in [5, 5.41) is 10.4. The van der Waals surface area contributed by atoms with Gasteiger partial charge in [0, 0.05) is 19.3 Å². The fourth-order valence-electron chi connectivity index (χ4n) is 9.27. The van der Waals surface area contributed by atoms with Crippen LogP contribution in [0, 0.1) is 46.3 Å². The van der Waals surface area contributed by atoms with Gasteiger partial charge in [-0.1, -0.05) is 20.8 Å². The molecule has 1 N–H and O–H groups in total. The number of esters is 2. The zero-order valence-corrected chi connectivity index (χ0v) is 21.5. The molecule has 4 saturated carbocycles. The monoisotopic (exact) mass is 462 g/mol. The van der Waals surface area contributed by atoms with E-state index < -0.39 is 0 Å². The third-order valence-electron chi connectivity index (χ3n) is 10.8. The highest BCUT2D eigenvalue weighted by Crippen LogP contribution is 2.68. The minimum absolute atomic E-state index is 0.0194. The molecular formula is C28H46O5. The van der Waals surface area contributed by atoms with Crippen molar-refractivity contribution in [3.05, 3.63) is 0 Å². The van der Waals surface area contributed by atoms with E-state index >= 15 is 0 Å². The first-order valence-corrected chi connectivity index (χ1v) is 13.6. The van der Waals surface area contributed by atoms with E-state index in [1.165, 1.54) is 25.7 Å². The number of carbonyl (C=O) groups excluding carboxylic acids is 2. The molecule has 5 nitrogen and oxygen atoms in total. The van der Waals surface area contributed by atoms with Gasteiger partial charge in [-0.15, -0.1) is 0 Å². The largest absolute Gasteiger partial charge is 0.466 e. The number of aliphatic hydroxyl groups excluding tert-OH is 1. The number of hydrogen-bond acceptors (Lipinski definition) is 5. The number of fused-ring (bicyclic) bond motifs is 5. The number of carbonyl (C=O) groups is 2. The Morgan fingerprint density at radius 2 is 1.73 bits per heavy atom. The molecule has 33 heavy (non-hydrogen) atoms. The van der Waals surface area contributed by atoms with Crippen LogP contribution in [0.2, 0.25) is 0 Å². The fourth-order valence-corrected chi connectivity index (χ4v) is 9.27. The molecule has 0 saturated heterocycles. The quantitative estimate of drug-likeness (QED) is 0.526. The van der Waals surface area contributed by atoms with Gasteiger partial charge in [0.1, 0.15) is 6.10 Å². The summed E-state index contributed by atoms with van der Waals surface area (Å²) in [6.07, 6.45) is 9.77. The van der Waals surface area contributed by atoms with E-state index in [4.69, 9.17) is 9.47 Å². The van der Waals surface area contributed by atoms with Gasteiger partial charge in [-0.3, -0.25) is 9.59 Å². The highest BCUT2D eigenvalue weighted by molar-refractivity contribution is 5.69. The van der Waals surface area contributed by atoms with Crippen LogP contribution in [0.5, 0.6) is 0 Å². The minimum Gasteiger partial charge on any atom is -0.466 e. The van der Waals surface area contributed by atoms with Gasteiger partial charge in [-0.2, -0.15) is 0 Å². The Balaban J connectivity index is 1.56. The molecule has 0 spiro atoms. The lowest BCUT2D eigenvalue weighted by atomic mass is 9.43. The topological polar surface area (TPSA) is 72.8 Å². The van der Waals surface area contributed by atoms with Crippen LogP contribution in [0.1, 0.15) is 98.8 Å². The molecule has 188 valence electrons. The second kappa shape index (κ2) is 9.51. The fraction of sp³-hybridized carbons (Fsp3) is 0.929. The lowest BCUT2D eigenvalue weighted by Crippen LogP contribution is -2.59. The zero-order chi connectivity index (χ0) is 24.0. The Hall–Kier alpha value is -1.10. The van der Waals surface area contributed by atoms with E-state index in [9.17, 15) is 14.7 Å². The molecule has 0 aromatic heterocycles. The summed E-state index contributed by atoms with van der Waals surface area (Å²) in [7, 11) is 0. The van der Waals surface area contributed by atoms with Crippen LogP contribution in [0.4, 0.5) is 0 Å². The molecular weight excluding hydrogens is 416 g/mol. The van der Waals surface area contributed by atoms with Crippen molar-refractivity contribution in [2.45, 2.75) is 111 Å². The van der Waals surface area contributed by atoms with E-state index in [0.29, 0.717) is 48.5 Å². The molecule has 0 aromatic carbocycles. The maximum absolute atomic E-state index is 12.1. The molecule has 0 unspecified atom stereocenters. The molecule has 0 aliphatic heterocycles. The van der Waals surface area contributed by atoms with E-state index in [-0.39, 0.29) is 35.0 Å². The van der Waals surface area contributed by atoms with Gasteiger partial charge < -0.3 is 14.6 Å². The van der Waals surface area contributed by atoms with Gasteiger partial charge in [0.25, 0.3) is 0 Å². The molecule has 4 aliphatic carbocycles. The van der Waals surface area contributed by atoms with Crippen molar-refractivity contribution in [1.29, 1.82) is 0 Å². The second-order valence-electron chi connectivity index (χ2n) is 12.4. The predicted molar refractivity (Wildman–Crippen MR) is 127 cm³/mol. The van der Waals surface area contributed by atoms with Crippen molar-refractivity contribution < 1.29 is 24.2 Å². The van der Waals surface area contributed by atoms with Crippen molar-refractivity contribution in [2.75, 3.05) is 6.61 Å². The molecule has 4 fully saturated rings. The predicted octanol–water partition coefficient (Wildman–Crippen LogP) is 5.53. The molecule has 4 rings (SSSR count). The van der Waals surface area contributed by atoms with Crippen LogP contribution in [-0.2, 0) is 19.1 Å². The molecule has 5 heteroatoms. The number of ether oxygens (including phenoxy) is 2. The standard InChI is InChI=1S/C28H46O5/c1-6-32-25(31)10-7-17(2)21-8-9-22-26-23(12-14-28(21,22)5)27(4)13-11-20(30)15-19(27)16-24(26)33-18(3)29/h17,19-24,26,30H,6-16H2,1-5H3/t17-,19+,20-,21-,22+,23+,24+,26+,27+,28-/m1/s1. The first-order chi connectivity index (χ1) is 15.6. The van der Waals surface area contributed by atoms with Crippen molar-refractivity contribution in [1.82, 2.24) is 0 Å². The smallest absolute Gasteiger partial charge is 0.305 e. The Labute approximate surface area is 200 Å². The summed E-state index contributed by atoms with van der Waals surface area (Å²) >= 11 is 0. The number of aliphatic hydroxyl groups is 1. The summed E-state index contributed by atoms with van der Waals surface area (Å²) in [6, 6.07) is 0. The summed E-state index contributed by atoms with van der Waals surface area (Å²) in [6.45, 7) is 11.2. The Bertz CT molecular complexity index is 736. The normalized spacial score (nSPS) is 45.3. The van der Waals surface area contributed by atoms with Gasteiger partial charge in [-0.05, 0) is 105 Å². The summed E-state index contributed by atoms with van der Waals surface area (Å²) in [5.41, 5.74) is 0.487. The Kier molecular flexibility index (Phi) is 7.21. The zero-order valence-electron chi connectivity index (χ0n) is 21.5. The SMILES string of the molecule is CCOC(=O)CC[C@@H](C)[C@H]1CC[C@H]2[C@@H]3[C@@H](OC(C)=O)C[C@@H]4C[C@H](O)CC[C@]4(C)[C@H]3CC[C@]12C. The molecule has 4 aliphatic rings. The molecule has 0 amide bonds. The Morgan fingerprint density at radius 1 is 1.03 bits per heavy atom. The second-order valence-corrected chi connectivity index (χ2v) is 12.4. The number of rotatable bonds is 6. The van der Waals surface area contributed by atoms with Crippen molar-refractivity contribution in [3.63, 3.8) is 0 Å². The highest BCUT2D eigenvalue weighted by atomic mass is 16.5. The maximum Gasteiger partial charge on any atom is 0.305 e. The van der Waals surface area contributed by atoms with E-state index in [1.807, 2.05) is 6.92 Å². The molecule has 0 aromatic rings. The average Bonchev–Trinajstić information content (AvgIpc) is 3.10. The first-order valence-electron chi connectivity index (χ1n) is 13.6. The highest BCUT2D eigenvalue weighted by Gasteiger charge is 2.63. The van der Waals surface area contributed by atoms with Crippen LogP contribution >= 0.6 is 0 Å². The van der Waals surface area contributed by atoms with Crippen LogP contribution in [0.25, 0.3) is 0 Å². The van der Waals surface area contributed by atoms with E-state index in [0.717, 1.165) is 32.1 Å². The van der Waals surface area contributed by atoms with E-state index in [1.54, 1.807) is 6.92 Å². The van der Waals surface area contributed by atoms with Gasteiger partial charge in [-0.25, -0.2) is 0 Å². The summed E-state index contributed by atoms with van der Waals surface area (Å²) in [4.78, 5) is 24.1. The average molecular weight is 463 g/mol. The lowest BCUT2D eigenvalue weighted by molar-refractivity contribution is -0.194. The first kappa shape index (κ1) is 25.0. The van der Waals surface area contributed by atoms with Gasteiger partial charge >= 0.3 is 11.9 Å². The van der Waals surface area contributed by atoms with Gasteiger partial charge in [0.15, 0.2) is 0 Å². The maximum atomic E-state index is 12.1. The third kappa shape index (κ3) is 4.48. The molecule has 0 heterocycles. The third-order valence-corrected chi connectivity index (χ3v) is 10.8. The lowest BCUT2D eigenvalue weighted by Gasteiger charge is -2.62. The van der Waals surface area contributed by atoms with Crippen LogP contribution in [-0.4, -0.2) is 35.9 Å². The van der Waals surface area contributed by atoms with Gasteiger partial charge in [0.05, 0.1) is 12.7 Å². The van der Waals surface area contributed by atoms with Crippen LogP contribution in [0.15, 0.2) is 0 Å². The van der Waals surface area contributed by atoms with Crippen molar-refractivity contribution in [2.24, 2.45) is 46.3 Å². The van der Waals surface area contributed by atoms with E-state index in [2.05, 4.69) is 20.8 Å². The van der Waals surface area contributed by atoms with Gasteiger partial charge in [0.2, 0.25) is 0 Å². The van der Waals surface area contributed by atoms with Crippen molar-refractivity contribution in [3.8, 4) is 0 Å². The summed E-state index contributed by atoms with van der Waals surface area (Å²) in [5.74, 6) is 2.86. The molecule has 0 radical (unpaired) electrons. The summed E-state index contributed by atoms with van der Waals surface area (Å²) < 4.78 is 11.2. The van der Waals surface area contributed by atoms with Crippen LogP contribution < -0.4 is 0 Å². The number of hydrogen-bond donors (Lipinski definition) is 1. The minimum atomic E-state index is -0.206. The van der Waals surface area contributed by atoms with Crippen molar-refractivity contribution >= 4 is 11.9 Å².